The Morgan fingerprint density at radius 1 is 1.22 bits per heavy atom. The van der Waals surface area contributed by atoms with Crippen molar-refractivity contribution in [3.05, 3.63) is 47.5 Å². The summed E-state index contributed by atoms with van der Waals surface area (Å²) in [5.74, 6) is 0. The van der Waals surface area contributed by atoms with Crippen molar-refractivity contribution >= 4 is 0 Å². The summed E-state index contributed by atoms with van der Waals surface area (Å²) in [6.07, 6.45) is 3.81. The largest absolute Gasteiger partial charge is 0.310 e. The third-order valence-corrected chi connectivity index (χ3v) is 3.74. The second-order valence-corrected chi connectivity index (χ2v) is 5.24. The van der Waals surface area contributed by atoms with E-state index >= 15 is 0 Å². The first-order valence-electron chi connectivity index (χ1n) is 6.25. The van der Waals surface area contributed by atoms with E-state index in [-0.39, 0.29) is 5.54 Å². The zero-order valence-corrected chi connectivity index (χ0v) is 11.8. The Morgan fingerprint density at radius 3 is 2.61 bits per heavy atom. The van der Waals surface area contributed by atoms with Crippen molar-refractivity contribution in [1.82, 2.24) is 14.9 Å². The topological polar surface area (TPSA) is 29.9 Å². The Balaban J connectivity index is 2.60. The second-order valence-electron chi connectivity index (χ2n) is 5.24. The van der Waals surface area contributed by atoms with Crippen LogP contribution in [0.15, 0.2) is 30.7 Å². The quantitative estimate of drug-likeness (QED) is 0.898. The highest BCUT2D eigenvalue weighted by Crippen LogP contribution is 2.25. The van der Waals surface area contributed by atoms with E-state index in [1.807, 2.05) is 19.6 Å². The predicted octanol–water partition coefficient (Wildman–Crippen LogP) is 2.94. The van der Waals surface area contributed by atoms with Gasteiger partial charge in [-0.3, -0.25) is 0 Å². The van der Waals surface area contributed by atoms with Crippen LogP contribution in [0.25, 0.3) is 5.69 Å². The Hall–Kier alpha value is -1.61. The molecular weight excluding hydrogens is 222 g/mol. The van der Waals surface area contributed by atoms with Crippen molar-refractivity contribution in [2.75, 3.05) is 7.05 Å². The summed E-state index contributed by atoms with van der Waals surface area (Å²) in [5, 5.41) is 3.33. The average molecular weight is 243 g/mol. The molecule has 3 heteroatoms. The van der Waals surface area contributed by atoms with Crippen LogP contribution < -0.4 is 5.32 Å². The first-order chi connectivity index (χ1) is 8.47. The van der Waals surface area contributed by atoms with E-state index in [0.29, 0.717) is 0 Å². The molecule has 2 aromatic rings. The van der Waals surface area contributed by atoms with Crippen LogP contribution in [-0.2, 0) is 5.54 Å². The maximum absolute atomic E-state index is 4.31. The van der Waals surface area contributed by atoms with E-state index in [4.69, 9.17) is 0 Å². The van der Waals surface area contributed by atoms with Crippen LogP contribution in [0.4, 0.5) is 0 Å². The lowest BCUT2D eigenvalue weighted by atomic mass is 10.0. The highest BCUT2D eigenvalue weighted by molar-refractivity contribution is 5.46. The minimum Gasteiger partial charge on any atom is -0.310 e. The van der Waals surface area contributed by atoms with Crippen LogP contribution >= 0.6 is 0 Å². The smallest absolute Gasteiger partial charge is 0.0994 e. The number of benzene rings is 1. The number of aryl methyl sites for hydroxylation is 1. The number of nitrogens with zero attached hydrogens (tertiary/aromatic N) is 2. The van der Waals surface area contributed by atoms with Crippen LogP contribution in [0.3, 0.4) is 0 Å². The first kappa shape index (κ1) is 12.8. The van der Waals surface area contributed by atoms with E-state index in [2.05, 4.69) is 60.8 Å². The van der Waals surface area contributed by atoms with Crippen molar-refractivity contribution in [3.8, 4) is 5.69 Å². The zero-order chi connectivity index (χ0) is 13.3. The summed E-state index contributed by atoms with van der Waals surface area (Å²) >= 11 is 0. The van der Waals surface area contributed by atoms with Crippen LogP contribution in [0, 0.1) is 13.8 Å². The minimum atomic E-state index is -0.104. The van der Waals surface area contributed by atoms with Crippen molar-refractivity contribution < 1.29 is 0 Å². The van der Waals surface area contributed by atoms with E-state index in [9.17, 15) is 0 Å². The normalized spacial score (nSPS) is 11.8. The molecule has 1 N–H and O–H groups in total. The maximum atomic E-state index is 4.31. The fraction of sp³-hybridized carbons (Fsp3) is 0.400. The predicted molar refractivity (Wildman–Crippen MR) is 75.1 cm³/mol. The summed E-state index contributed by atoms with van der Waals surface area (Å²) in [7, 11) is 1.97. The van der Waals surface area contributed by atoms with Crippen LogP contribution in [0.2, 0.25) is 0 Å². The van der Waals surface area contributed by atoms with Gasteiger partial charge in [0.2, 0.25) is 0 Å². The molecule has 0 spiro atoms. The number of imidazole rings is 1. The molecule has 1 aromatic heterocycles. The number of nitrogens with one attached hydrogen (secondary N) is 1. The molecule has 3 nitrogen and oxygen atoms in total. The third-order valence-electron chi connectivity index (χ3n) is 3.74. The van der Waals surface area contributed by atoms with Crippen LogP contribution in [-0.4, -0.2) is 16.6 Å². The van der Waals surface area contributed by atoms with E-state index in [1.54, 1.807) is 0 Å². The molecule has 0 aliphatic heterocycles. The van der Waals surface area contributed by atoms with Crippen molar-refractivity contribution in [3.63, 3.8) is 0 Å². The lowest BCUT2D eigenvalue weighted by Crippen LogP contribution is -2.35. The van der Waals surface area contributed by atoms with Crippen LogP contribution in [0.5, 0.6) is 0 Å². The Labute approximate surface area is 109 Å². The molecule has 0 radical (unpaired) electrons. The highest BCUT2D eigenvalue weighted by atomic mass is 15.1. The van der Waals surface area contributed by atoms with Gasteiger partial charge in [0.05, 0.1) is 29.4 Å². The molecule has 0 amide bonds. The molecule has 0 saturated heterocycles. The van der Waals surface area contributed by atoms with Gasteiger partial charge in [-0.15, -0.1) is 0 Å². The molecule has 0 unspecified atom stereocenters. The van der Waals surface area contributed by atoms with Gasteiger partial charge in [0, 0.05) is 0 Å². The molecule has 0 bridgehead atoms. The highest BCUT2D eigenvalue weighted by Gasteiger charge is 2.23. The maximum Gasteiger partial charge on any atom is 0.0994 e. The SMILES string of the molecule is CNC(C)(C)c1cncn1-c1cccc(C)c1C. The first-order valence-corrected chi connectivity index (χ1v) is 6.25. The minimum absolute atomic E-state index is 0.104. The van der Waals surface area contributed by atoms with Gasteiger partial charge in [0.15, 0.2) is 0 Å². The Kier molecular flexibility index (Phi) is 3.26. The average Bonchev–Trinajstić information content (AvgIpc) is 2.82. The summed E-state index contributed by atoms with van der Waals surface area (Å²) in [4.78, 5) is 4.31. The van der Waals surface area contributed by atoms with E-state index in [1.165, 1.54) is 22.5 Å². The molecule has 0 fully saturated rings. The lowest BCUT2D eigenvalue weighted by molar-refractivity contribution is 0.424. The molecule has 2 rings (SSSR count). The van der Waals surface area contributed by atoms with Crippen molar-refractivity contribution in [1.29, 1.82) is 0 Å². The molecule has 18 heavy (non-hydrogen) atoms. The molecule has 96 valence electrons. The van der Waals surface area contributed by atoms with Gasteiger partial charge in [-0.1, -0.05) is 12.1 Å². The molecule has 0 atom stereocenters. The lowest BCUT2D eigenvalue weighted by Gasteiger charge is -2.26. The molecule has 0 saturated carbocycles. The summed E-state index contributed by atoms with van der Waals surface area (Å²) < 4.78 is 2.17. The standard InChI is InChI=1S/C15H21N3/c1-11-7-6-8-13(12(11)2)18-10-17-9-14(18)15(3,4)16-5/h6-10,16H,1-5H3. The van der Waals surface area contributed by atoms with Gasteiger partial charge in [0.25, 0.3) is 0 Å². The number of hydrogen-bond donors (Lipinski definition) is 1. The summed E-state index contributed by atoms with van der Waals surface area (Å²) in [6.45, 7) is 8.61. The van der Waals surface area contributed by atoms with E-state index < -0.39 is 0 Å². The Bertz CT molecular complexity index is 553. The molecule has 0 aliphatic carbocycles. The molecule has 0 aliphatic rings. The van der Waals surface area contributed by atoms with Crippen molar-refractivity contribution in [2.45, 2.75) is 33.2 Å². The van der Waals surface area contributed by atoms with Gasteiger partial charge in [-0.05, 0) is 51.9 Å². The van der Waals surface area contributed by atoms with Gasteiger partial charge in [-0.25, -0.2) is 4.98 Å². The molecule has 1 aromatic carbocycles. The summed E-state index contributed by atoms with van der Waals surface area (Å²) in [5.41, 5.74) is 4.86. The second kappa shape index (κ2) is 4.58. The molecule has 1 heterocycles. The van der Waals surface area contributed by atoms with E-state index in [0.717, 1.165) is 0 Å². The fourth-order valence-electron chi connectivity index (χ4n) is 2.07. The van der Waals surface area contributed by atoms with Gasteiger partial charge in [0.1, 0.15) is 0 Å². The van der Waals surface area contributed by atoms with Crippen molar-refractivity contribution in [2.24, 2.45) is 0 Å². The third kappa shape index (κ3) is 2.06. The Morgan fingerprint density at radius 2 is 1.94 bits per heavy atom. The van der Waals surface area contributed by atoms with Gasteiger partial charge in [-0.2, -0.15) is 0 Å². The fourth-order valence-corrected chi connectivity index (χ4v) is 2.07. The van der Waals surface area contributed by atoms with Crippen LogP contribution in [0.1, 0.15) is 30.7 Å². The zero-order valence-electron chi connectivity index (χ0n) is 11.8. The van der Waals surface area contributed by atoms with Gasteiger partial charge >= 0.3 is 0 Å². The molecular formula is C15H21N3. The number of aromatic nitrogens is 2. The number of hydrogen-bond acceptors (Lipinski definition) is 2. The number of rotatable bonds is 3. The summed E-state index contributed by atoms with van der Waals surface area (Å²) in [6, 6.07) is 6.37. The monoisotopic (exact) mass is 243 g/mol. The van der Waals surface area contributed by atoms with Gasteiger partial charge < -0.3 is 9.88 Å².